The molecule has 7 atom stereocenters. The van der Waals surface area contributed by atoms with Gasteiger partial charge >= 0.3 is 6.09 Å². The van der Waals surface area contributed by atoms with Gasteiger partial charge in [0.05, 0.1) is 18.2 Å². The summed E-state index contributed by atoms with van der Waals surface area (Å²) in [4.78, 5) is 57.4. The number of nitrogens with two attached hydrogens (primary N) is 1. The smallest absolute Gasteiger partial charge is 0.408 e. The lowest BCUT2D eigenvalue weighted by Crippen LogP contribution is -2.59. The number of aryl methyl sites for hydroxylation is 1. The van der Waals surface area contributed by atoms with E-state index < -0.39 is 29.7 Å². The molecule has 4 fully saturated rings. The summed E-state index contributed by atoms with van der Waals surface area (Å²) < 4.78 is 5.45. The number of nitrogens with one attached hydrogen (secondary N) is 1. The number of hydrogen-bond donors (Lipinski definition) is 2. The molecule has 6 rings (SSSR count). The van der Waals surface area contributed by atoms with Crippen molar-refractivity contribution < 1.29 is 23.9 Å². The first-order valence-electron chi connectivity index (χ1n) is 14.2. The number of alkyl carbamates (subject to hydrolysis) is 1. The van der Waals surface area contributed by atoms with Gasteiger partial charge in [-0.25, -0.2) is 4.79 Å². The molecular formula is C29H36N6O5. The first kappa shape index (κ1) is 26.6. The van der Waals surface area contributed by atoms with Gasteiger partial charge in [0.1, 0.15) is 17.7 Å². The summed E-state index contributed by atoms with van der Waals surface area (Å²) in [6, 6.07) is 5.90. The zero-order valence-corrected chi connectivity index (χ0v) is 23.1. The van der Waals surface area contributed by atoms with Gasteiger partial charge < -0.3 is 25.6 Å². The molecule has 212 valence electrons. The number of piperidine rings is 1. The predicted molar refractivity (Wildman–Crippen MR) is 143 cm³/mol. The van der Waals surface area contributed by atoms with Crippen molar-refractivity contribution in [2.75, 3.05) is 13.1 Å². The van der Waals surface area contributed by atoms with Gasteiger partial charge in [-0.3, -0.25) is 19.3 Å². The number of nitrogens with zero attached hydrogens (tertiary/aromatic N) is 4. The van der Waals surface area contributed by atoms with Crippen molar-refractivity contribution in [1.82, 2.24) is 20.0 Å². The standard InChI is InChI=1S/C29H36N6O5/c1-29(2,3)40-28(39)32-21(26(37)34-18(12-30)9-17-10-23(17)34)14-33-13-19-11-24(33)27(38)35(19)22-7-5-15-8-16(25(31)36)4-6-20(15)22/h4,6,8,17-19,21-24H,5,7,9-11,13-14H2,1-3H3,(H2,31,36)(H,32,39)/t17-,18?,19+,21?,22?,23+,24?/m1/s1. The highest BCUT2D eigenvalue weighted by Gasteiger charge is 2.57. The third-order valence-corrected chi connectivity index (χ3v) is 9.04. The minimum absolute atomic E-state index is 0.00648. The Morgan fingerprint density at radius 3 is 2.65 bits per heavy atom. The molecule has 0 spiro atoms. The van der Waals surface area contributed by atoms with Crippen molar-refractivity contribution in [3.05, 3.63) is 34.9 Å². The highest BCUT2D eigenvalue weighted by atomic mass is 16.6. The molecular weight excluding hydrogens is 512 g/mol. The average Bonchev–Trinajstić information content (AvgIpc) is 3.22. The molecule has 4 unspecified atom stereocenters. The third-order valence-electron chi connectivity index (χ3n) is 9.04. The molecule has 4 amide bonds. The largest absolute Gasteiger partial charge is 0.444 e. The van der Waals surface area contributed by atoms with Crippen LogP contribution in [0, 0.1) is 17.2 Å². The second-order valence-electron chi connectivity index (χ2n) is 12.8. The van der Waals surface area contributed by atoms with Crippen molar-refractivity contribution in [1.29, 1.82) is 5.26 Å². The van der Waals surface area contributed by atoms with Crippen LogP contribution in [0.4, 0.5) is 4.79 Å². The van der Waals surface area contributed by atoms with E-state index in [0.717, 1.165) is 30.4 Å². The summed E-state index contributed by atoms with van der Waals surface area (Å²) in [6.07, 6.45) is 3.08. The Kier molecular flexibility index (Phi) is 6.29. The summed E-state index contributed by atoms with van der Waals surface area (Å²) in [7, 11) is 0. The molecule has 2 aliphatic carbocycles. The Hall–Kier alpha value is -3.65. The van der Waals surface area contributed by atoms with Crippen LogP contribution in [0.1, 0.15) is 74.0 Å². The molecule has 40 heavy (non-hydrogen) atoms. The molecule has 5 aliphatic rings. The molecule has 0 aromatic heterocycles. The number of rotatable bonds is 6. The maximum absolute atomic E-state index is 13.8. The Labute approximate surface area is 233 Å². The van der Waals surface area contributed by atoms with Crippen LogP contribution in [-0.4, -0.2) is 87.4 Å². The van der Waals surface area contributed by atoms with Crippen LogP contribution in [0.2, 0.25) is 0 Å². The van der Waals surface area contributed by atoms with E-state index in [0.29, 0.717) is 30.9 Å². The zero-order chi connectivity index (χ0) is 28.5. The van der Waals surface area contributed by atoms with Crippen molar-refractivity contribution >= 4 is 23.8 Å². The van der Waals surface area contributed by atoms with Crippen LogP contribution < -0.4 is 11.1 Å². The molecule has 1 aromatic carbocycles. The summed E-state index contributed by atoms with van der Waals surface area (Å²) >= 11 is 0. The lowest BCUT2D eigenvalue weighted by molar-refractivity contribution is -0.141. The Morgan fingerprint density at radius 1 is 1.20 bits per heavy atom. The van der Waals surface area contributed by atoms with E-state index in [-0.39, 0.29) is 42.5 Å². The van der Waals surface area contributed by atoms with Crippen molar-refractivity contribution in [2.24, 2.45) is 11.7 Å². The summed E-state index contributed by atoms with van der Waals surface area (Å²) in [5, 5.41) is 12.4. The van der Waals surface area contributed by atoms with Crippen LogP contribution in [0.25, 0.3) is 0 Å². The Balaban J connectivity index is 1.18. The number of primary amides is 1. The lowest BCUT2D eigenvalue weighted by Gasteiger charge is -2.39. The Bertz CT molecular complexity index is 1320. The van der Waals surface area contributed by atoms with Gasteiger partial charge in [0.2, 0.25) is 17.7 Å². The maximum Gasteiger partial charge on any atom is 0.408 e. The first-order valence-corrected chi connectivity index (χ1v) is 14.2. The fourth-order valence-electron chi connectivity index (χ4n) is 7.28. The number of carbonyl (C=O) groups excluding carboxylic acids is 4. The molecule has 11 heteroatoms. The van der Waals surface area contributed by atoms with E-state index in [9.17, 15) is 24.4 Å². The summed E-state index contributed by atoms with van der Waals surface area (Å²) in [5.74, 6) is -0.379. The van der Waals surface area contributed by atoms with Gasteiger partial charge in [-0.05, 0) is 82.1 Å². The number of piperazine rings is 1. The molecule has 3 heterocycles. The minimum Gasteiger partial charge on any atom is -0.444 e. The average molecular weight is 549 g/mol. The monoisotopic (exact) mass is 548 g/mol. The molecule has 11 nitrogen and oxygen atoms in total. The number of likely N-dealkylation sites (tertiary alicyclic amines) is 3. The fraction of sp³-hybridized carbons (Fsp3) is 0.621. The third kappa shape index (κ3) is 4.58. The molecule has 1 saturated carbocycles. The van der Waals surface area contributed by atoms with Crippen LogP contribution in [0.15, 0.2) is 18.2 Å². The van der Waals surface area contributed by atoms with Crippen LogP contribution >= 0.6 is 0 Å². The quantitative estimate of drug-likeness (QED) is 0.547. The number of hydrogen-bond acceptors (Lipinski definition) is 7. The topological polar surface area (TPSA) is 149 Å². The van der Waals surface area contributed by atoms with Crippen molar-refractivity contribution in [3.63, 3.8) is 0 Å². The molecule has 1 aromatic rings. The molecule has 3 N–H and O–H groups in total. The molecule has 3 saturated heterocycles. The number of fused-ring (bicyclic) bond motifs is 4. The number of benzene rings is 1. The fourth-order valence-corrected chi connectivity index (χ4v) is 7.28. The molecule has 3 aliphatic heterocycles. The Morgan fingerprint density at radius 2 is 1.98 bits per heavy atom. The molecule has 0 radical (unpaired) electrons. The van der Waals surface area contributed by atoms with Crippen molar-refractivity contribution in [2.45, 2.75) is 94.7 Å². The van der Waals surface area contributed by atoms with Gasteiger partial charge in [0, 0.05) is 30.7 Å². The lowest BCUT2D eigenvalue weighted by atomic mass is 10.0. The van der Waals surface area contributed by atoms with Crippen LogP contribution in [0.5, 0.6) is 0 Å². The first-order chi connectivity index (χ1) is 18.9. The SMILES string of the molecule is CC(C)(C)OC(=O)NC(CN1C[C@@H]2CC1C(=O)N2C1CCc2cc(C(N)=O)ccc21)C(=O)N1C(C#N)C[C@@H]2C[C@@H]21. The second-order valence-corrected chi connectivity index (χ2v) is 12.8. The van der Waals surface area contributed by atoms with E-state index in [1.54, 1.807) is 31.7 Å². The second kappa shape index (κ2) is 9.47. The number of nitriles is 1. The number of carbonyl (C=O) groups is 4. The molecule has 2 bridgehead atoms. The van der Waals surface area contributed by atoms with Crippen molar-refractivity contribution in [3.8, 4) is 6.07 Å². The predicted octanol–water partition coefficient (Wildman–Crippen LogP) is 1.46. The number of ether oxygens (including phenoxy) is 1. The highest BCUT2D eigenvalue weighted by Crippen LogP contribution is 2.48. The minimum atomic E-state index is -0.926. The zero-order valence-electron chi connectivity index (χ0n) is 23.1. The summed E-state index contributed by atoms with van der Waals surface area (Å²) in [5.41, 5.74) is 7.31. The van der Waals surface area contributed by atoms with Gasteiger partial charge in [-0.15, -0.1) is 0 Å². The van der Waals surface area contributed by atoms with E-state index in [4.69, 9.17) is 10.5 Å². The van der Waals surface area contributed by atoms with Crippen LogP contribution in [0.3, 0.4) is 0 Å². The summed E-state index contributed by atoms with van der Waals surface area (Å²) in [6.45, 7) is 6.04. The van der Waals surface area contributed by atoms with Gasteiger partial charge in [0.25, 0.3) is 0 Å². The highest BCUT2D eigenvalue weighted by molar-refractivity contribution is 5.93. The maximum atomic E-state index is 13.8. The van der Waals surface area contributed by atoms with E-state index >= 15 is 0 Å². The van der Waals surface area contributed by atoms with E-state index in [1.807, 2.05) is 21.9 Å². The van der Waals surface area contributed by atoms with Crippen LogP contribution in [-0.2, 0) is 20.7 Å². The van der Waals surface area contributed by atoms with Gasteiger partial charge in [-0.1, -0.05) is 6.07 Å². The normalized spacial score (nSPS) is 31.0. The van der Waals surface area contributed by atoms with E-state index in [1.165, 1.54) is 0 Å². The number of amides is 4. The van der Waals surface area contributed by atoms with Gasteiger partial charge in [-0.2, -0.15) is 5.26 Å². The van der Waals surface area contributed by atoms with Gasteiger partial charge in [0.15, 0.2) is 0 Å². The van der Waals surface area contributed by atoms with E-state index in [2.05, 4.69) is 11.4 Å².